The number of hydrogen-bond donors (Lipinski definition) is 2. The van der Waals surface area contributed by atoms with Crippen molar-refractivity contribution in [2.45, 2.75) is 19.3 Å². The number of hydrogen-bond acceptors (Lipinski definition) is 0. The van der Waals surface area contributed by atoms with Crippen LogP contribution in [0.5, 0.6) is 0 Å². The molecule has 0 saturated carbocycles. The third-order valence-electron chi connectivity index (χ3n) is 3.36. The molecule has 1 atom stereocenters. The second-order valence-corrected chi connectivity index (χ2v) is 4.47. The van der Waals surface area contributed by atoms with Gasteiger partial charge < -0.3 is 10.2 Å². The van der Waals surface area contributed by atoms with E-state index in [9.17, 15) is 0 Å². The second-order valence-electron chi connectivity index (χ2n) is 4.47. The van der Waals surface area contributed by atoms with Gasteiger partial charge in [-0.15, -0.1) is 0 Å². The van der Waals surface area contributed by atoms with Crippen LogP contribution in [0.15, 0.2) is 12.2 Å². The quantitative estimate of drug-likeness (QED) is 0.501. The van der Waals surface area contributed by atoms with Gasteiger partial charge in [-0.3, -0.25) is 0 Å². The predicted molar refractivity (Wildman–Crippen MR) is 53.7 cm³/mol. The number of nitrogens with one attached hydrogen (secondary N) is 1. The minimum absolute atomic E-state index is 0.984. The number of nitrogens with two attached hydrogens (primary N) is 1. The lowest BCUT2D eigenvalue weighted by atomic mass is 9.94. The highest BCUT2D eigenvalue weighted by atomic mass is 15.2. The van der Waals surface area contributed by atoms with Gasteiger partial charge in [-0.2, -0.15) is 0 Å². The summed E-state index contributed by atoms with van der Waals surface area (Å²) in [7, 11) is 0. The third kappa shape index (κ3) is 2.82. The molecular weight excluding hydrogens is 160 g/mol. The summed E-state index contributed by atoms with van der Waals surface area (Å²) in [5, 5.41) is 2.45. The van der Waals surface area contributed by atoms with Crippen LogP contribution in [-0.4, -0.2) is 32.7 Å². The van der Waals surface area contributed by atoms with Crippen molar-refractivity contribution in [3.8, 4) is 0 Å². The summed E-state index contributed by atoms with van der Waals surface area (Å²) >= 11 is 0. The van der Waals surface area contributed by atoms with Crippen molar-refractivity contribution in [1.82, 2.24) is 0 Å². The summed E-state index contributed by atoms with van der Waals surface area (Å²) in [6, 6.07) is 0. The molecule has 0 spiro atoms. The van der Waals surface area contributed by atoms with Gasteiger partial charge in [0.15, 0.2) is 0 Å². The topological polar surface area (TPSA) is 21.1 Å². The number of quaternary nitrogens is 2. The molecule has 74 valence electrons. The number of piperazine rings is 1. The SMILES string of the molecule is C1=CC[C@@H](C[NH+]2CC[NH2+]CC2)CC1. The molecule has 1 fully saturated rings. The van der Waals surface area contributed by atoms with Crippen LogP contribution < -0.4 is 10.2 Å². The van der Waals surface area contributed by atoms with E-state index in [-0.39, 0.29) is 0 Å². The minimum atomic E-state index is 0.984. The molecule has 1 aliphatic carbocycles. The van der Waals surface area contributed by atoms with E-state index < -0.39 is 0 Å². The van der Waals surface area contributed by atoms with Gasteiger partial charge in [0, 0.05) is 5.92 Å². The Morgan fingerprint density at radius 1 is 1.23 bits per heavy atom. The summed E-state index contributed by atoms with van der Waals surface area (Å²) in [6.45, 7) is 6.90. The predicted octanol–water partition coefficient (Wildman–Crippen LogP) is -1.20. The summed E-state index contributed by atoms with van der Waals surface area (Å²) in [5.41, 5.74) is 0. The molecule has 2 aliphatic rings. The third-order valence-corrected chi connectivity index (χ3v) is 3.36. The van der Waals surface area contributed by atoms with Crippen LogP contribution in [0.4, 0.5) is 0 Å². The fraction of sp³-hybridized carbons (Fsp3) is 0.818. The van der Waals surface area contributed by atoms with Crippen molar-refractivity contribution >= 4 is 0 Å². The van der Waals surface area contributed by atoms with E-state index in [4.69, 9.17) is 0 Å². The molecule has 13 heavy (non-hydrogen) atoms. The standard InChI is InChI=1S/C11H20N2/c1-2-4-11(5-3-1)10-13-8-6-12-7-9-13/h1-2,11-12H,3-10H2/p+2/t11-/m1/s1. The Balaban J connectivity index is 1.72. The summed E-state index contributed by atoms with van der Waals surface area (Å²) in [5.74, 6) is 0.984. The van der Waals surface area contributed by atoms with Gasteiger partial charge in [0.2, 0.25) is 0 Å². The first-order chi connectivity index (χ1) is 6.45. The van der Waals surface area contributed by atoms with Crippen LogP contribution in [0.25, 0.3) is 0 Å². The summed E-state index contributed by atoms with van der Waals surface area (Å²) < 4.78 is 0. The van der Waals surface area contributed by atoms with E-state index in [1.165, 1.54) is 52.0 Å². The molecule has 1 aliphatic heterocycles. The molecule has 0 amide bonds. The molecule has 0 aromatic rings. The number of rotatable bonds is 2. The second kappa shape index (κ2) is 4.77. The molecule has 2 nitrogen and oxygen atoms in total. The first-order valence-corrected chi connectivity index (χ1v) is 5.75. The van der Waals surface area contributed by atoms with Gasteiger partial charge in [-0.25, -0.2) is 0 Å². The normalized spacial score (nSPS) is 30.6. The van der Waals surface area contributed by atoms with Gasteiger partial charge >= 0.3 is 0 Å². The highest BCUT2D eigenvalue weighted by Crippen LogP contribution is 2.15. The van der Waals surface area contributed by atoms with Gasteiger partial charge in [0.05, 0.1) is 6.54 Å². The molecule has 1 heterocycles. The van der Waals surface area contributed by atoms with Gasteiger partial charge in [-0.1, -0.05) is 12.2 Å². The Morgan fingerprint density at radius 3 is 2.77 bits per heavy atom. The zero-order valence-electron chi connectivity index (χ0n) is 8.47. The van der Waals surface area contributed by atoms with E-state index in [1.54, 1.807) is 0 Å². The average Bonchev–Trinajstić information content (AvgIpc) is 2.21. The molecule has 0 bridgehead atoms. The fourth-order valence-corrected chi connectivity index (χ4v) is 2.54. The van der Waals surface area contributed by atoms with Crippen LogP contribution in [0.3, 0.4) is 0 Å². The van der Waals surface area contributed by atoms with Gasteiger partial charge in [0.1, 0.15) is 26.2 Å². The average molecular weight is 182 g/mol. The van der Waals surface area contributed by atoms with Crippen LogP contribution in [0.2, 0.25) is 0 Å². The zero-order valence-corrected chi connectivity index (χ0v) is 8.47. The largest absolute Gasteiger partial charge is 0.337 e. The lowest BCUT2D eigenvalue weighted by molar-refractivity contribution is -0.949. The van der Waals surface area contributed by atoms with Crippen molar-refractivity contribution in [3.05, 3.63) is 12.2 Å². The van der Waals surface area contributed by atoms with Crippen molar-refractivity contribution in [2.24, 2.45) is 5.92 Å². The molecular formula is C11H22N2+2. The van der Waals surface area contributed by atoms with E-state index in [2.05, 4.69) is 17.5 Å². The first kappa shape index (κ1) is 9.22. The van der Waals surface area contributed by atoms with Gasteiger partial charge in [-0.05, 0) is 19.3 Å². The lowest BCUT2D eigenvalue weighted by Crippen LogP contribution is -3.20. The minimum Gasteiger partial charge on any atom is -0.337 e. The van der Waals surface area contributed by atoms with Crippen LogP contribution in [-0.2, 0) is 0 Å². The van der Waals surface area contributed by atoms with E-state index in [0.717, 1.165) is 5.92 Å². The van der Waals surface area contributed by atoms with Crippen molar-refractivity contribution in [2.75, 3.05) is 32.7 Å². The van der Waals surface area contributed by atoms with Crippen LogP contribution >= 0.6 is 0 Å². The van der Waals surface area contributed by atoms with E-state index >= 15 is 0 Å². The molecule has 3 N–H and O–H groups in total. The van der Waals surface area contributed by atoms with E-state index in [0.29, 0.717) is 0 Å². The molecule has 0 aromatic carbocycles. The maximum atomic E-state index is 2.45. The van der Waals surface area contributed by atoms with Crippen molar-refractivity contribution < 1.29 is 10.2 Å². The lowest BCUT2D eigenvalue weighted by Gasteiger charge is -2.27. The Kier molecular flexibility index (Phi) is 3.39. The van der Waals surface area contributed by atoms with Crippen LogP contribution in [0, 0.1) is 5.92 Å². The summed E-state index contributed by atoms with van der Waals surface area (Å²) in [6.07, 6.45) is 8.82. The summed E-state index contributed by atoms with van der Waals surface area (Å²) in [4.78, 5) is 1.85. The maximum absolute atomic E-state index is 2.45. The monoisotopic (exact) mass is 182 g/mol. The highest BCUT2D eigenvalue weighted by molar-refractivity contribution is 4.89. The Hall–Kier alpha value is -0.340. The molecule has 2 rings (SSSR count). The molecule has 1 saturated heterocycles. The Labute approximate surface area is 81.0 Å². The smallest absolute Gasteiger partial charge is 0.127 e. The highest BCUT2D eigenvalue weighted by Gasteiger charge is 2.20. The molecule has 0 aromatic heterocycles. The molecule has 2 heteroatoms. The van der Waals surface area contributed by atoms with Crippen molar-refractivity contribution in [1.29, 1.82) is 0 Å². The fourth-order valence-electron chi connectivity index (χ4n) is 2.54. The van der Waals surface area contributed by atoms with Gasteiger partial charge in [0.25, 0.3) is 0 Å². The number of allylic oxidation sites excluding steroid dienone is 2. The van der Waals surface area contributed by atoms with Crippen molar-refractivity contribution in [3.63, 3.8) is 0 Å². The first-order valence-electron chi connectivity index (χ1n) is 5.75. The van der Waals surface area contributed by atoms with Crippen LogP contribution in [0.1, 0.15) is 19.3 Å². The van der Waals surface area contributed by atoms with E-state index in [1.807, 2.05) is 4.90 Å². The Morgan fingerprint density at radius 2 is 2.08 bits per heavy atom. The molecule has 0 radical (unpaired) electrons. The molecule has 0 unspecified atom stereocenters. The Bertz CT molecular complexity index is 171. The maximum Gasteiger partial charge on any atom is 0.127 e. The zero-order chi connectivity index (χ0) is 8.93.